The Balaban J connectivity index is 4.64. The van der Waals surface area contributed by atoms with Crippen molar-refractivity contribution in [3.05, 3.63) is 0 Å². The highest BCUT2D eigenvalue weighted by Crippen LogP contribution is 2.43. The Bertz CT molecular complexity index is 151. The zero-order chi connectivity index (χ0) is 12.2. The van der Waals surface area contributed by atoms with Gasteiger partial charge in [0.15, 0.2) is 0 Å². The van der Waals surface area contributed by atoms with Gasteiger partial charge in [-0.05, 0) is 29.1 Å². The first-order valence-corrected chi connectivity index (χ1v) is 6.78. The summed E-state index contributed by atoms with van der Waals surface area (Å²) in [6, 6.07) is 0. The first-order valence-electron chi connectivity index (χ1n) is 6.78. The highest BCUT2D eigenvalue weighted by atomic mass is 14.4. The minimum atomic E-state index is 0.463. The minimum Gasteiger partial charge on any atom is -0.0651 e. The van der Waals surface area contributed by atoms with Crippen LogP contribution in [0.4, 0.5) is 0 Å². The zero-order valence-corrected chi connectivity index (χ0v) is 12.2. The van der Waals surface area contributed by atoms with Crippen LogP contribution in [-0.2, 0) is 0 Å². The lowest BCUT2D eigenvalue weighted by molar-refractivity contribution is 0.0606. The molecule has 0 aliphatic heterocycles. The van der Waals surface area contributed by atoms with Gasteiger partial charge in [0.1, 0.15) is 0 Å². The Hall–Kier alpha value is 0. The molecule has 0 aliphatic carbocycles. The first-order chi connectivity index (χ1) is 6.78. The molecule has 0 heteroatoms. The maximum atomic E-state index is 2.46. The van der Waals surface area contributed by atoms with E-state index in [1.807, 2.05) is 0 Å². The van der Waals surface area contributed by atoms with E-state index in [0.717, 1.165) is 23.7 Å². The van der Waals surface area contributed by atoms with Crippen molar-refractivity contribution in [1.82, 2.24) is 0 Å². The Morgan fingerprint density at radius 1 is 0.733 bits per heavy atom. The fraction of sp³-hybridized carbons (Fsp3) is 1.00. The van der Waals surface area contributed by atoms with Gasteiger partial charge in [0.05, 0.1) is 0 Å². The molecule has 0 radical (unpaired) electrons. The maximum absolute atomic E-state index is 2.46. The van der Waals surface area contributed by atoms with Gasteiger partial charge >= 0.3 is 0 Å². The van der Waals surface area contributed by atoms with E-state index in [4.69, 9.17) is 0 Å². The lowest BCUT2D eigenvalue weighted by Crippen LogP contribution is -2.36. The highest BCUT2D eigenvalue weighted by Gasteiger charge is 2.36. The van der Waals surface area contributed by atoms with Crippen LogP contribution >= 0.6 is 0 Å². The van der Waals surface area contributed by atoms with Crippen molar-refractivity contribution in [2.45, 2.75) is 68.2 Å². The smallest absolute Gasteiger partial charge is 0.0298 e. The second kappa shape index (κ2) is 5.92. The van der Waals surface area contributed by atoms with E-state index in [9.17, 15) is 0 Å². The fourth-order valence-corrected chi connectivity index (χ4v) is 2.59. The molecular formula is C15H32. The average Bonchev–Trinajstić information content (AvgIpc) is 2.24. The molecular weight excluding hydrogens is 180 g/mol. The third kappa shape index (κ3) is 3.50. The van der Waals surface area contributed by atoms with Crippen LogP contribution in [0.5, 0.6) is 0 Å². The number of rotatable bonds is 6. The Morgan fingerprint density at radius 2 is 1.00 bits per heavy atom. The molecule has 0 spiro atoms. The van der Waals surface area contributed by atoms with E-state index >= 15 is 0 Å². The molecule has 0 amide bonds. The van der Waals surface area contributed by atoms with Crippen molar-refractivity contribution >= 4 is 0 Å². The van der Waals surface area contributed by atoms with Crippen molar-refractivity contribution in [3.63, 3.8) is 0 Å². The molecule has 0 aliphatic rings. The Labute approximate surface area is 97.8 Å². The fourth-order valence-electron chi connectivity index (χ4n) is 2.59. The summed E-state index contributed by atoms with van der Waals surface area (Å²) in [5, 5.41) is 0. The van der Waals surface area contributed by atoms with E-state index in [0.29, 0.717) is 5.41 Å². The molecule has 0 N–H and O–H groups in total. The molecule has 0 bridgehead atoms. The van der Waals surface area contributed by atoms with Crippen LogP contribution < -0.4 is 0 Å². The minimum absolute atomic E-state index is 0.463. The van der Waals surface area contributed by atoms with Crippen LogP contribution in [0, 0.1) is 29.1 Å². The quantitative estimate of drug-likeness (QED) is 0.554. The average molecular weight is 212 g/mol. The summed E-state index contributed by atoms with van der Waals surface area (Å²) in [6.07, 6.45) is 2.61. The van der Waals surface area contributed by atoms with Gasteiger partial charge in [0.25, 0.3) is 0 Å². The van der Waals surface area contributed by atoms with Gasteiger partial charge in [-0.2, -0.15) is 0 Å². The van der Waals surface area contributed by atoms with Gasteiger partial charge in [-0.1, -0.05) is 68.2 Å². The van der Waals surface area contributed by atoms with E-state index in [-0.39, 0.29) is 0 Å². The summed E-state index contributed by atoms with van der Waals surface area (Å²) in [5.74, 6) is 3.30. The largest absolute Gasteiger partial charge is 0.0651 e. The lowest BCUT2D eigenvalue weighted by atomic mass is 9.62. The highest BCUT2D eigenvalue weighted by molar-refractivity contribution is 4.85. The third-order valence-corrected chi connectivity index (χ3v) is 5.34. The van der Waals surface area contributed by atoms with Gasteiger partial charge in [-0.15, -0.1) is 0 Å². The predicted octanol–water partition coefficient (Wildman–Crippen LogP) is 5.38. The topological polar surface area (TPSA) is 0 Å². The molecule has 92 valence electrons. The molecule has 0 aromatic heterocycles. The molecule has 4 unspecified atom stereocenters. The molecule has 0 rings (SSSR count). The zero-order valence-electron chi connectivity index (χ0n) is 12.2. The van der Waals surface area contributed by atoms with Crippen molar-refractivity contribution in [1.29, 1.82) is 0 Å². The van der Waals surface area contributed by atoms with Gasteiger partial charge in [-0.3, -0.25) is 0 Å². The molecule has 0 saturated heterocycles. The third-order valence-electron chi connectivity index (χ3n) is 5.34. The summed E-state index contributed by atoms with van der Waals surface area (Å²) in [4.78, 5) is 0. The Morgan fingerprint density at radius 3 is 1.20 bits per heavy atom. The van der Waals surface area contributed by atoms with Gasteiger partial charge in [0.2, 0.25) is 0 Å². The van der Waals surface area contributed by atoms with E-state index < -0.39 is 0 Å². The molecule has 0 heterocycles. The summed E-state index contributed by atoms with van der Waals surface area (Å²) in [5.41, 5.74) is 0.463. The summed E-state index contributed by atoms with van der Waals surface area (Å²) in [7, 11) is 0. The summed E-state index contributed by atoms with van der Waals surface area (Å²) >= 11 is 0. The van der Waals surface area contributed by atoms with Crippen molar-refractivity contribution < 1.29 is 0 Å². The van der Waals surface area contributed by atoms with Crippen LogP contribution in [0.2, 0.25) is 0 Å². The number of hydrogen-bond donors (Lipinski definition) is 0. The summed E-state index contributed by atoms with van der Waals surface area (Å²) in [6.45, 7) is 19.2. The van der Waals surface area contributed by atoms with Gasteiger partial charge in [0, 0.05) is 0 Å². The van der Waals surface area contributed by atoms with Gasteiger partial charge in [-0.25, -0.2) is 0 Å². The molecule has 0 fully saturated rings. The first kappa shape index (κ1) is 15.0. The van der Waals surface area contributed by atoms with Crippen LogP contribution in [0.3, 0.4) is 0 Å². The predicted molar refractivity (Wildman–Crippen MR) is 71.0 cm³/mol. The second-order valence-corrected chi connectivity index (χ2v) is 6.17. The van der Waals surface area contributed by atoms with E-state index in [1.54, 1.807) is 0 Å². The van der Waals surface area contributed by atoms with Crippen LogP contribution in [0.15, 0.2) is 0 Å². The van der Waals surface area contributed by atoms with Crippen molar-refractivity contribution in [3.8, 4) is 0 Å². The molecule has 4 atom stereocenters. The molecule has 0 saturated carbocycles. The molecule has 0 aromatic rings. The van der Waals surface area contributed by atoms with Crippen molar-refractivity contribution in [2.24, 2.45) is 29.1 Å². The van der Waals surface area contributed by atoms with E-state index in [2.05, 4.69) is 55.4 Å². The van der Waals surface area contributed by atoms with Crippen LogP contribution in [-0.4, -0.2) is 0 Å². The number of hydrogen-bond acceptors (Lipinski definition) is 0. The molecule has 0 nitrogen and oxygen atoms in total. The van der Waals surface area contributed by atoms with Crippen molar-refractivity contribution in [2.75, 3.05) is 0 Å². The standard InChI is InChI=1S/C15H32/c1-9-11(3)13(5)15(7,8)14(6)12(4)10-2/h11-14H,9-10H2,1-8H3. The SMILES string of the molecule is CCC(C)C(C)C(C)(C)C(C)C(C)CC. The van der Waals surface area contributed by atoms with Gasteiger partial charge < -0.3 is 0 Å². The Kier molecular flexibility index (Phi) is 5.92. The van der Waals surface area contributed by atoms with Crippen LogP contribution in [0.25, 0.3) is 0 Å². The maximum Gasteiger partial charge on any atom is -0.0298 e. The molecule has 0 aromatic carbocycles. The van der Waals surface area contributed by atoms with Crippen LogP contribution in [0.1, 0.15) is 68.2 Å². The lowest BCUT2D eigenvalue weighted by Gasteiger charge is -2.43. The van der Waals surface area contributed by atoms with E-state index in [1.165, 1.54) is 12.8 Å². The second-order valence-electron chi connectivity index (χ2n) is 6.17. The normalized spacial score (nSPS) is 20.8. The monoisotopic (exact) mass is 212 g/mol. The molecule has 15 heavy (non-hydrogen) atoms. The summed E-state index contributed by atoms with van der Waals surface area (Å²) < 4.78 is 0.